The van der Waals surface area contributed by atoms with Crippen molar-refractivity contribution in [1.82, 2.24) is 4.31 Å². The van der Waals surface area contributed by atoms with Crippen LogP contribution in [0.5, 0.6) is 0 Å². The number of sulfonamides is 1. The van der Waals surface area contributed by atoms with Gasteiger partial charge < -0.3 is 5.32 Å². The van der Waals surface area contributed by atoms with Gasteiger partial charge in [-0.2, -0.15) is 4.31 Å². The van der Waals surface area contributed by atoms with Gasteiger partial charge in [-0.15, -0.1) is 0 Å². The molecule has 7 nitrogen and oxygen atoms in total. The number of nitrogens with one attached hydrogen (secondary N) is 1. The first-order valence-electron chi connectivity index (χ1n) is 10.3. The lowest BCUT2D eigenvalue weighted by atomic mass is 9.96. The second-order valence-electron chi connectivity index (χ2n) is 7.91. The molecule has 1 N–H and O–H groups in total. The van der Waals surface area contributed by atoms with Gasteiger partial charge >= 0.3 is 0 Å². The first-order chi connectivity index (χ1) is 15.7. The molecule has 0 saturated carbocycles. The Bertz CT molecular complexity index is 1370. The van der Waals surface area contributed by atoms with E-state index in [4.69, 9.17) is 0 Å². The van der Waals surface area contributed by atoms with Crippen LogP contribution in [-0.4, -0.2) is 42.8 Å². The Balaban J connectivity index is 1.75. The Labute approximate surface area is 192 Å². The molecule has 0 bridgehead atoms. The second-order valence-corrected chi connectivity index (χ2v) is 9.77. The molecule has 1 atom stereocenters. The lowest BCUT2D eigenvalue weighted by molar-refractivity contribution is -0.116. The Morgan fingerprint density at radius 3 is 2.33 bits per heavy atom. The van der Waals surface area contributed by atoms with E-state index in [9.17, 15) is 22.8 Å². The normalized spacial score (nSPS) is 17.3. The van der Waals surface area contributed by atoms with Crippen molar-refractivity contribution in [3.05, 3.63) is 95.1 Å². The summed E-state index contributed by atoms with van der Waals surface area (Å²) in [5, 5.41) is 2.71. The van der Waals surface area contributed by atoms with E-state index < -0.39 is 40.1 Å². The SMILES string of the molecule is Cc1ccc(C)c(NC(=O)CN2C(C(=O)c3ccccc3)C(=O)c3ccccc3S2(=O)=O)c1. The zero-order valence-electron chi connectivity index (χ0n) is 18.1. The van der Waals surface area contributed by atoms with E-state index >= 15 is 0 Å². The summed E-state index contributed by atoms with van der Waals surface area (Å²) < 4.78 is 27.6. The maximum absolute atomic E-state index is 13.4. The number of carbonyl (C=O) groups is 3. The third-order valence-electron chi connectivity index (χ3n) is 5.55. The number of nitrogens with zero attached hydrogens (tertiary/aromatic N) is 1. The average molecular weight is 463 g/mol. The maximum Gasteiger partial charge on any atom is 0.245 e. The van der Waals surface area contributed by atoms with Crippen LogP contribution in [0.1, 0.15) is 31.8 Å². The van der Waals surface area contributed by atoms with E-state index in [2.05, 4.69) is 5.32 Å². The number of fused-ring (bicyclic) bond motifs is 1. The minimum Gasteiger partial charge on any atom is -0.325 e. The van der Waals surface area contributed by atoms with Gasteiger partial charge in [-0.3, -0.25) is 14.4 Å². The summed E-state index contributed by atoms with van der Waals surface area (Å²) in [6.45, 7) is 3.00. The molecule has 0 fully saturated rings. The molecule has 1 aliphatic heterocycles. The van der Waals surface area contributed by atoms with Gasteiger partial charge in [0.15, 0.2) is 17.6 Å². The number of ketones is 2. The number of anilines is 1. The first kappa shape index (κ1) is 22.6. The van der Waals surface area contributed by atoms with Crippen LogP contribution in [-0.2, 0) is 14.8 Å². The van der Waals surface area contributed by atoms with E-state index in [-0.39, 0.29) is 16.0 Å². The van der Waals surface area contributed by atoms with Crippen molar-refractivity contribution in [3.63, 3.8) is 0 Å². The Morgan fingerprint density at radius 1 is 0.939 bits per heavy atom. The number of rotatable bonds is 5. The maximum atomic E-state index is 13.4. The Kier molecular flexibility index (Phi) is 5.97. The number of hydrogen-bond donors (Lipinski definition) is 1. The van der Waals surface area contributed by atoms with Gasteiger partial charge in [-0.05, 0) is 43.2 Å². The van der Waals surface area contributed by atoms with Crippen molar-refractivity contribution in [3.8, 4) is 0 Å². The van der Waals surface area contributed by atoms with Crippen LogP contribution in [0.4, 0.5) is 5.69 Å². The first-order valence-corrected chi connectivity index (χ1v) is 11.8. The van der Waals surface area contributed by atoms with Crippen LogP contribution in [0.25, 0.3) is 0 Å². The van der Waals surface area contributed by atoms with E-state index in [1.165, 1.54) is 30.3 Å². The van der Waals surface area contributed by atoms with Crippen LogP contribution >= 0.6 is 0 Å². The number of benzene rings is 3. The summed E-state index contributed by atoms with van der Waals surface area (Å²) in [4.78, 5) is 39.3. The van der Waals surface area contributed by atoms with E-state index in [0.29, 0.717) is 9.99 Å². The topological polar surface area (TPSA) is 101 Å². The highest BCUT2D eigenvalue weighted by molar-refractivity contribution is 7.89. The molecule has 33 heavy (non-hydrogen) atoms. The molecule has 8 heteroatoms. The molecule has 3 aromatic carbocycles. The van der Waals surface area contributed by atoms with Gasteiger partial charge in [-0.1, -0.05) is 54.6 Å². The molecule has 1 unspecified atom stereocenters. The molecule has 168 valence electrons. The summed E-state index contributed by atoms with van der Waals surface area (Å²) in [5.74, 6) is -1.99. The zero-order chi connectivity index (χ0) is 23.8. The predicted octanol–water partition coefficient (Wildman–Crippen LogP) is 3.38. The monoisotopic (exact) mass is 462 g/mol. The standard InChI is InChI=1S/C25H22N2O5S/c1-16-12-13-17(2)20(14-16)26-22(28)15-27-23(24(29)18-8-4-3-5-9-18)25(30)19-10-6-7-11-21(19)33(27,31)32/h3-14,23H,15H2,1-2H3,(H,26,28). The van der Waals surface area contributed by atoms with Gasteiger partial charge in [0.05, 0.1) is 11.4 Å². The molecule has 1 heterocycles. The van der Waals surface area contributed by atoms with E-state index in [0.717, 1.165) is 11.1 Å². The van der Waals surface area contributed by atoms with Crippen LogP contribution in [0.15, 0.2) is 77.7 Å². The number of amides is 1. The fraction of sp³-hybridized carbons (Fsp3) is 0.160. The summed E-state index contributed by atoms with van der Waals surface area (Å²) in [7, 11) is -4.29. The van der Waals surface area contributed by atoms with Gasteiger partial charge in [0.1, 0.15) is 0 Å². The molecule has 0 spiro atoms. The highest BCUT2D eigenvalue weighted by Crippen LogP contribution is 2.31. The van der Waals surface area contributed by atoms with Gasteiger partial charge in [0, 0.05) is 16.8 Å². The Morgan fingerprint density at radius 2 is 1.61 bits per heavy atom. The van der Waals surface area contributed by atoms with Gasteiger partial charge in [0.2, 0.25) is 15.9 Å². The third kappa shape index (κ3) is 4.22. The molecule has 1 aliphatic rings. The predicted molar refractivity (Wildman–Crippen MR) is 124 cm³/mol. The fourth-order valence-corrected chi connectivity index (χ4v) is 5.53. The zero-order valence-corrected chi connectivity index (χ0v) is 18.9. The van der Waals surface area contributed by atoms with Crippen LogP contribution < -0.4 is 5.32 Å². The minimum atomic E-state index is -4.29. The molecule has 0 saturated heterocycles. The molecular weight excluding hydrogens is 440 g/mol. The lowest BCUT2D eigenvalue weighted by Gasteiger charge is -2.33. The molecule has 1 amide bonds. The Hall–Kier alpha value is -3.62. The number of Topliss-reactive ketones (excluding diaryl/α,β-unsaturated/α-hetero) is 2. The molecule has 4 rings (SSSR count). The minimum absolute atomic E-state index is 0.0574. The number of hydrogen-bond acceptors (Lipinski definition) is 5. The highest BCUT2D eigenvalue weighted by atomic mass is 32.2. The van der Waals surface area contributed by atoms with Crippen LogP contribution in [0.2, 0.25) is 0 Å². The summed E-state index contributed by atoms with van der Waals surface area (Å²) in [5.41, 5.74) is 2.38. The quantitative estimate of drug-likeness (QED) is 0.463. The smallest absolute Gasteiger partial charge is 0.245 e. The van der Waals surface area contributed by atoms with Crippen molar-refractivity contribution in [2.75, 3.05) is 11.9 Å². The van der Waals surface area contributed by atoms with E-state index in [1.807, 2.05) is 26.0 Å². The number of carbonyl (C=O) groups excluding carboxylic acids is 3. The fourth-order valence-electron chi connectivity index (χ4n) is 3.83. The lowest BCUT2D eigenvalue weighted by Crippen LogP contribution is -2.55. The molecular formula is C25H22N2O5S. The third-order valence-corrected chi connectivity index (χ3v) is 7.42. The van der Waals surface area contributed by atoms with Gasteiger partial charge in [0.25, 0.3) is 0 Å². The van der Waals surface area contributed by atoms with Gasteiger partial charge in [-0.25, -0.2) is 8.42 Å². The van der Waals surface area contributed by atoms with Crippen molar-refractivity contribution < 1.29 is 22.8 Å². The van der Waals surface area contributed by atoms with Crippen molar-refractivity contribution in [2.24, 2.45) is 0 Å². The van der Waals surface area contributed by atoms with Crippen molar-refractivity contribution >= 4 is 33.2 Å². The summed E-state index contributed by atoms with van der Waals surface area (Å²) >= 11 is 0. The van der Waals surface area contributed by atoms with E-state index in [1.54, 1.807) is 30.3 Å². The van der Waals surface area contributed by atoms with Crippen molar-refractivity contribution in [2.45, 2.75) is 24.8 Å². The molecule has 0 aliphatic carbocycles. The second kappa shape index (κ2) is 8.73. The highest BCUT2D eigenvalue weighted by Gasteiger charge is 2.48. The summed E-state index contributed by atoms with van der Waals surface area (Å²) in [6.07, 6.45) is 0. The van der Waals surface area contributed by atoms with Crippen LogP contribution in [0.3, 0.4) is 0 Å². The summed E-state index contributed by atoms with van der Waals surface area (Å²) in [6, 6.07) is 17.5. The average Bonchev–Trinajstić information content (AvgIpc) is 2.80. The van der Waals surface area contributed by atoms with Crippen molar-refractivity contribution in [1.29, 1.82) is 0 Å². The van der Waals surface area contributed by atoms with Crippen LogP contribution in [0, 0.1) is 13.8 Å². The molecule has 3 aromatic rings. The molecule has 0 aromatic heterocycles. The number of aryl methyl sites for hydroxylation is 2. The largest absolute Gasteiger partial charge is 0.325 e. The molecule has 0 radical (unpaired) electrons.